The van der Waals surface area contributed by atoms with E-state index >= 15 is 0 Å². The van der Waals surface area contributed by atoms with Crippen molar-refractivity contribution in [2.75, 3.05) is 6.54 Å². The van der Waals surface area contributed by atoms with Gasteiger partial charge < -0.3 is 16.2 Å². The van der Waals surface area contributed by atoms with Gasteiger partial charge in [-0.05, 0) is 11.1 Å². The molecule has 0 radical (unpaired) electrons. The summed E-state index contributed by atoms with van der Waals surface area (Å²) in [5, 5.41) is 12.1. The van der Waals surface area contributed by atoms with Crippen LogP contribution in [0.4, 0.5) is 0 Å². The molecule has 4 heteroatoms. The van der Waals surface area contributed by atoms with Gasteiger partial charge in [0.2, 0.25) is 5.91 Å². The van der Waals surface area contributed by atoms with Crippen LogP contribution in [0.5, 0.6) is 0 Å². The molecule has 88 valence electrons. The molecule has 4 nitrogen and oxygen atoms in total. The third kappa shape index (κ3) is 4.00. The second-order valence-electron chi connectivity index (χ2n) is 3.91. The standard InChI is InChI=1S/C12H18N2O2/c1-9(12(13)16)6-14-7-10-3-2-4-11(5-10)8-15/h2-5,9,14-15H,6-8H2,1H3,(H2,13,16). The van der Waals surface area contributed by atoms with Crippen molar-refractivity contribution in [2.45, 2.75) is 20.1 Å². The van der Waals surface area contributed by atoms with Gasteiger partial charge >= 0.3 is 0 Å². The molecule has 0 aromatic heterocycles. The molecular formula is C12H18N2O2. The number of aliphatic hydroxyl groups is 1. The molecule has 1 aromatic rings. The van der Waals surface area contributed by atoms with Crippen LogP contribution in [0.1, 0.15) is 18.1 Å². The zero-order valence-corrected chi connectivity index (χ0v) is 9.44. The van der Waals surface area contributed by atoms with Crippen molar-refractivity contribution in [3.8, 4) is 0 Å². The summed E-state index contributed by atoms with van der Waals surface area (Å²) in [6.07, 6.45) is 0. The summed E-state index contributed by atoms with van der Waals surface area (Å²) in [5.74, 6) is -0.461. The van der Waals surface area contributed by atoms with Gasteiger partial charge in [-0.1, -0.05) is 31.2 Å². The lowest BCUT2D eigenvalue weighted by atomic mass is 10.1. The lowest BCUT2D eigenvalue weighted by molar-refractivity contribution is -0.121. The molecular weight excluding hydrogens is 204 g/mol. The first-order chi connectivity index (χ1) is 7.63. The van der Waals surface area contributed by atoms with Crippen molar-refractivity contribution in [3.63, 3.8) is 0 Å². The highest BCUT2D eigenvalue weighted by Crippen LogP contribution is 2.05. The number of nitrogens with two attached hydrogens (primary N) is 1. The lowest BCUT2D eigenvalue weighted by Gasteiger charge is -2.09. The van der Waals surface area contributed by atoms with Crippen LogP contribution in [0.25, 0.3) is 0 Å². The van der Waals surface area contributed by atoms with Crippen LogP contribution in [0.2, 0.25) is 0 Å². The Morgan fingerprint density at radius 2 is 2.19 bits per heavy atom. The van der Waals surface area contributed by atoms with E-state index in [2.05, 4.69) is 5.32 Å². The predicted octanol–water partition coefficient (Wildman–Crippen LogP) is 0.390. The third-order valence-corrected chi connectivity index (χ3v) is 2.44. The zero-order valence-electron chi connectivity index (χ0n) is 9.44. The number of amides is 1. The van der Waals surface area contributed by atoms with E-state index in [4.69, 9.17) is 10.8 Å². The molecule has 1 atom stereocenters. The Labute approximate surface area is 95.5 Å². The minimum atomic E-state index is -0.295. The predicted molar refractivity (Wildman–Crippen MR) is 62.4 cm³/mol. The minimum absolute atomic E-state index is 0.0472. The molecule has 16 heavy (non-hydrogen) atoms. The highest BCUT2D eigenvalue weighted by molar-refractivity contribution is 5.76. The average Bonchev–Trinajstić information content (AvgIpc) is 2.29. The van der Waals surface area contributed by atoms with Gasteiger partial charge in [-0.15, -0.1) is 0 Å². The maximum absolute atomic E-state index is 10.8. The quantitative estimate of drug-likeness (QED) is 0.651. The van der Waals surface area contributed by atoms with Gasteiger partial charge in [0.15, 0.2) is 0 Å². The number of carbonyl (C=O) groups is 1. The molecule has 0 spiro atoms. The number of rotatable bonds is 6. The Hall–Kier alpha value is -1.39. The first-order valence-electron chi connectivity index (χ1n) is 5.32. The maximum Gasteiger partial charge on any atom is 0.221 e. The van der Waals surface area contributed by atoms with Crippen LogP contribution in [0.3, 0.4) is 0 Å². The molecule has 4 N–H and O–H groups in total. The first kappa shape index (κ1) is 12.7. The van der Waals surface area contributed by atoms with Crippen molar-refractivity contribution in [1.29, 1.82) is 0 Å². The smallest absolute Gasteiger partial charge is 0.221 e. The Kier molecular flexibility index (Phi) is 4.95. The van der Waals surface area contributed by atoms with Crippen LogP contribution in [-0.2, 0) is 17.9 Å². The minimum Gasteiger partial charge on any atom is -0.392 e. The van der Waals surface area contributed by atoms with Crippen molar-refractivity contribution >= 4 is 5.91 Å². The highest BCUT2D eigenvalue weighted by atomic mass is 16.3. The maximum atomic E-state index is 10.8. The third-order valence-electron chi connectivity index (χ3n) is 2.44. The van der Waals surface area contributed by atoms with Gasteiger partial charge in [0.05, 0.1) is 6.61 Å². The van der Waals surface area contributed by atoms with E-state index in [9.17, 15) is 4.79 Å². The molecule has 1 rings (SSSR count). The van der Waals surface area contributed by atoms with E-state index in [1.165, 1.54) is 0 Å². The molecule has 0 saturated carbocycles. The van der Waals surface area contributed by atoms with Gasteiger partial charge in [0.1, 0.15) is 0 Å². The van der Waals surface area contributed by atoms with Crippen molar-refractivity contribution < 1.29 is 9.90 Å². The van der Waals surface area contributed by atoms with E-state index in [1.807, 2.05) is 24.3 Å². The number of carbonyl (C=O) groups excluding carboxylic acids is 1. The summed E-state index contributed by atoms with van der Waals surface area (Å²) in [4.78, 5) is 10.8. The number of nitrogens with one attached hydrogen (secondary N) is 1. The van der Waals surface area contributed by atoms with E-state index < -0.39 is 0 Å². The molecule has 1 unspecified atom stereocenters. The van der Waals surface area contributed by atoms with E-state index in [0.29, 0.717) is 13.1 Å². The molecule has 0 aliphatic carbocycles. The number of aliphatic hydroxyl groups excluding tert-OH is 1. The van der Waals surface area contributed by atoms with E-state index in [-0.39, 0.29) is 18.4 Å². The van der Waals surface area contributed by atoms with Crippen LogP contribution in [0, 0.1) is 5.92 Å². The Morgan fingerprint density at radius 1 is 1.50 bits per heavy atom. The van der Waals surface area contributed by atoms with Gasteiger partial charge in [0.25, 0.3) is 0 Å². The van der Waals surface area contributed by atoms with Crippen LogP contribution in [-0.4, -0.2) is 17.6 Å². The summed E-state index contributed by atoms with van der Waals surface area (Å²) in [5.41, 5.74) is 7.13. The molecule has 0 aliphatic rings. The van der Waals surface area contributed by atoms with E-state index in [1.54, 1.807) is 6.92 Å². The Balaban J connectivity index is 2.39. The highest BCUT2D eigenvalue weighted by Gasteiger charge is 2.07. The van der Waals surface area contributed by atoms with Gasteiger partial charge in [0, 0.05) is 19.0 Å². The van der Waals surface area contributed by atoms with Crippen molar-refractivity contribution in [1.82, 2.24) is 5.32 Å². The second kappa shape index (κ2) is 6.25. The molecule has 0 saturated heterocycles. The average molecular weight is 222 g/mol. The number of hydrogen-bond donors (Lipinski definition) is 3. The second-order valence-corrected chi connectivity index (χ2v) is 3.91. The monoisotopic (exact) mass is 222 g/mol. The summed E-state index contributed by atoms with van der Waals surface area (Å²) >= 11 is 0. The lowest BCUT2D eigenvalue weighted by Crippen LogP contribution is -2.30. The van der Waals surface area contributed by atoms with Gasteiger partial charge in [-0.3, -0.25) is 4.79 Å². The number of hydrogen-bond acceptors (Lipinski definition) is 3. The van der Waals surface area contributed by atoms with Gasteiger partial charge in [-0.2, -0.15) is 0 Å². The van der Waals surface area contributed by atoms with E-state index in [0.717, 1.165) is 11.1 Å². The topological polar surface area (TPSA) is 75.3 Å². The molecule has 0 fully saturated rings. The van der Waals surface area contributed by atoms with Gasteiger partial charge in [-0.25, -0.2) is 0 Å². The zero-order chi connectivity index (χ0) is 12.0. The normalized spacial score (nSPS) is 12.4. The summed E-state index contributed by atoms with van der Waals surface area (Å²) < 4.78 is 0. The SMILES string of the molecule is CC(CNCc1cccc(CO)c1)C(N)=O. The van der Waals surface area contributed by atoms with Crippen molar-refractivity contribution in [2.24, 2.45) is 11.7 Å². The fourth-order valence-corrected chi connectivity index (χ4v) is 1.37. The summed E-state index contributed by atoms with van der Waals surface area (Å²) in [6.45, 7) is 3.08. The molecule has 1 amide bonds. The fraction of sp³-hybridized carbons (Fsp3) is 0.417. The number of benzene rings is 1. The molecule has 0 bridgehead atoms. The first-order valence-corrected chi connectivity index (χ1v) is 5.32. The van der Waals surface area contributed by atoms with Crippen LogP contribution < -0.4 is 11.1 Å². The van der Waals surface area contributed by atoms with Crippen LogP contribution in [0.15, 0.2) is 24.3 Å². The molecule has 0 aliphatic heterocycles. The number of primary amides is 1. The Morgan fingerprint density at radius 3 is 2.81 bits per heavy atom. The van der Waals surface area contributed by atoms with Crippen LogP contribution >= 0.6 is 0 Å². The summed E-state index contributed by atoms with van der Waals surface area (Å²) in [6, 6.07) is 7.68. The largest absolute Gasteiger partial charge is 0.392 e. The Bertz CT molecular complexity index is 353. The fourth-order valence-electron chi connectivity index (χ4n) is 1.37. The molecule has 0 heterocycles. The molecule has 1 aromatic carbocycles. The summed E-state index contributed by atoms with van der Waals surface area (Å²) in [7, 11) is 0. The van der Waals surface area contributed by atoms with Crippen molar-refractivity contribution in [3.05, 3.63) is 35.4 Å².